The van der Waals surface area contributed by atoms with Gasteiger partial charge in [0.05, 0.1) is 18.6 Å². The molecule has 5 aliphatic carbocycles. The molecule has 0 aliphatic heterocycles. The van der Waals surface area contributed by atoms with Crippen molar-refractivity contribution in [1.29, 1.82) is 0 Å². The molecular formula is C42H52O6. The number of allylic oxidation sites excluding steroid dienone is 7. The highest BCUT2D eigenvalue weighted by molar-refractivity contribution is 6.06. The number of aliphatic hydroxyl groups is 1. The van der Waals surface area contributed by atoms with Gasteiger partial charge in [0, 0.05) is 17.1 Å². The van der Waals surface area contributed by atoms with Gasteiger partial charge in [-0.15, -0.1) is 0 Å². The summed E-state index contributed by atoms with van der Waals surface area (Å²) in [6.45, 7) is 14.2. The minimum Gasteiger partial charge on any atom is -0.504 e. The van der Waals surface area contributed by atoms with E-state index in [9.17, 15) is 19.5 Å². The summed E-state index contributed by atoms with van der Waals surface area (Å²) >= 11 is 0. The number of ether oxygens (including phenoxy) is 2. The highest BCUT2D eigenvalue weighted by Crippen LogP contribution is 2.75. The number of unbranched alkanes of at least 4 members (excludes halogenated alkanes) is 1. The second-order valence-corrected chi connectivity index (χ2v) is 16.4. The van der Waals surface area contributed by atoms with Gasteiger partial charge in [0.25, 0.3) is 0 Å². The predicted octanol–water partition coefficient (Wildman–Crippen LogP) is 9.19. The fraction of sp³-hybridized carbons (Fsp3) is 0.548. The summed E-state index contributed by atoms with van der Waals surface area (Å²) < 4.78 is 11.2. The van der Waals surface area contributed by atoms with Gasteiger partial charge in [0.2, 0.25) is 5.78 Å². The SMILES string of the molecule is CC1=C(O)C(=O)C=C2C1=CC=C1[C@@]2(C)CC[C@@]2(C)[C@@H]3C[C@](C)(C(=O)OCCCCOC(=O)/C=C/c4ccccc4)CC[C@]3(C)CC[C@]12C. The Morgan fingerprint density at radius 3 is 2.31 bits per heavy atom. The van der Waals surface area contributed by atoms with E-state index in [4.69, 9.17) is 9.47 Å². The number of fused-ring (bicyclic) bond motifs is 7. The Balaban J connectivity index is 1.11. The zero-order valence-electron chi connectivity index (χ0n) is 29.6. The van der Waals surface area contributed by atoms with E-state index in [2.05, 4.69) is 46.8 Å². The second-order valence-electron chi connectivity index (χ2n) is 16.4. The minimum absolute atomic E-state index is 0.0241. The number of carbonyl (C=O) groups excluding carboxylic acids is 3. The molecular weight excluding hydrogens is 600 g/mol. The lowest BCUT2D eigenvalue weighted by molar-refractivity contribution is -0.182. The number of aliphatic hydroxyl groups excluding tert-OH is 1. The molecule has 0 bridgehead atoms. The van der Waals surface area contributed by atoms with Crippen molar-refractivity contribution in [3.63, 3.8) is 0 Å². The first kappa shape index (κ1) is 34.2. The van der Waals surface area contributed by atoms with Crippen molar-refractivity contribution in [1.82, 2.24) is 0 Å². The molecule has 256 valence electrons. The van der Waals surface area contributed by atoms with Crippen LogP contribution in [0.2, 0.25) is 0 Å². The van der Waals surface area contributed by atoms with Gasteiger partial charge in [-0.3, -0.25) is 9.59 Å². The molecule has 6 atom stereocenters. The van der Waals surface area contributed by atoms with Crippen LogP contribution in [-0.4, -0.2) is 36.0 Å². The van der Waals surface area contributed by atoms with Crippen molar-refractivity contribution in [2.45, 2.75) is 99.3 Å². The maximum Gasteiger partial charge on any atom is 0.330 e. The lowest BCUT2D eigenvalue weighted by Gasteiger charge is -2.70. The second kappa shape index (κ2) is 12.3. The summed E-state index contributed by atoms with van der Waals surface area (Å²) in [7, 11) is 0. The highest BCUT2D eigenvalue weighted by atomic mass is 16.5. The molecule has 0 spiro atoms. The molecule has 6 rings (SSSR count). The summed E-state index contributed by atoms with van der Waals surface area (Å²) in [5, 5.41) is 10.4. The average molecular weight is 653 g/mol. The van der Waals surface area contributed by atoms with E-state index in [0.717, 1.165) is 61.7 Å². The van der Waals surface area contributed by atoms with Gasteiger partial charge < -0.3 is 14.6 Å². The van der Waals surface area contributed by atoms with Gasteiger partial charge in [-0.05, 0) is 123 Å². The molecule has 1 aromatic rings. The third kappa shape index (κ3) is 5.53. The van der Waals surface area contributed by atoms with E-state index in [-0.39, 0.29) is 51.7 Å². The van der Waals surface area contributed by atoms with Crippen LogP contribution in [-0.2, 0) is 23.9 Å². The van der Waals surface area contributed by atoms with Crippen LogP contribution in [0, 0.1) is 33.0 Å². The standard InChI is InChI=1S/C42H52O6/c1-28-30-15-16-33-40(4,31(30)26-32(43)36(28)45)21-23-42(6)34-27-39(3,19-18-38(34,2)20-22-41(33,42)5)37(46)48-25-11-10-24-47-35(44)17-14-29-12-8-7-9-13-29/h7-9,12-17,26,34,45H,10-11,18-25,27H2,1-6H3/b17-14+/t34-,38-,39-,40+,41-,42+/m1/s1. The summed E-state index contributed by atoms with van der Waals surface area (Å²) in [5.74, 6) is -0.576. The van der Waals surface area contributed by atoms with Gasteiger partial charge in [-0.2, -0.15) is 0 Å². The van der Waals surface area contributed by atoms with Crippen molar-refractivity contribution in [2.75, 3.05) is 13.2 Å². The molecule has 5 aliphatic rings. The molecule has 0 radical (unpaired) electrons. The molecule has 0 heterocycles. The van der Waals surface area contributed by atoms with Crippen molar-refractivity contribution < 1.29 is 29.0 Å². The molecule has 0 unspecified atom stereocenters. The van der Waals surface area contributed by atoms with Crippen LogP contribution < -0.4 is 0 Å². The molecule has 3 saturated carbocycles. The largest absolute Gasteiger partial charge is 0.504 e. The van der Waals surface area contributed by atoms with Crippen molar-refractivity contribution in [2.24, 2.45) is 33.0 Å². The van der Waals surface area contributed by atoms with E-state index in [1.165, 1.54) is 11.6 Å². The molecule has 0 aromatic heterocycles. The Hall–Kier alpha value is -3.67. The summed E-state index contributed by atoms with van der Waals surface area (Å²) in [4.78, 5) is 38.6. The van der Waals surface area contributed by atoms with Crippen molar-refractivity contribution in [3.8, 4) is 0 Å². The normalized spacial score (nSPS) is 35.8. The number of hydrogen-bond acceptors (Lipinski definition) is 6. The molecule has 1 N–H and O–H groups in total. The molecule has 6 nitrogen and oxygen atoms in total. The van der Waals surface area contributed by atoms with Gasteiger partial charge >= 0.3 is 11.9 Å². The number of carbonyl (C=O) groups is 3. The number of benzene rings is 1. The van der Waals surface area contributed by atoms with Gasteiger partial charge in [0.1, 0.15) is 0 Å². The van der Waals surface area contributed by atoms with Crippen LogP contribution in [0.1, 0.15) is 105 Å². The van der Waals surface area contributed by atoms with Crippen LogP contribution >= 0.6 is 0 Å². The smallest absolute Gasteiger partial charge is 0.330 e. The quantitative estimate of drug-likeness (QED) is 0.171. The number of rotatable bonds is 8. The van der Waals surface area contributed by atoms with Gasteiger partial charge in [-0.25, -0.2) is 4.79 Å². The number of ketones is 1. The first-order valence-electron chi connectivity index (χ1n) is 17.8. The average Bonchev–Trinajstić information content (AvgIpc) is 3.07. The molecule has 0 amide bonds. The van der Waals surface area contributed by atoms with Crippen molar-refractivity contribution >= 4 is 23.8 Å². The summed E-state index contributed by atoms with van der Waals surface area (Å²) in [6, 6.07) is 9.62. The summed E-state index contributed by atoms with van der Waals surface area (Å²) in [6.07, 6.45) is 17.3. The maximum atomic E-state index is 13.7. The predicted molar refractivity (Wildman–Crippen MR) is 188 cm³/mol. The Morgan fingerprint density at radius 1 is 0.896 bits per heavy atom. The molecule has 3 fully saturated rings. The van der Waals surface area contributed by atoms with Crippen LogP contribution in [0.25, 0.3) is 6.08 Å². The lowest BCUT2D eigenvalue weighted by atomic mass is 9.34. The number of hydrogen-bond donors (Lipinski definition) is 1. The van der Waals surface area contributed by atoms with E-state index in [1.807, 2.05) is 37.3 Å². The monoisotopic (exact) mass is 652 g/mol. The van der Waals surface area contributed by atoms with Crippen LogP contribution in [0.4, 0.5) is 0 Å². The Bertz CT molecular complexity index is 1660. The Kier molecular flexibility index (Phi) is 8.79. The minimum atomic E-state index is -0.549. The topological polar surface area (TPSA) is 89.9 Å². The van der Waals surface area contributed by atoms with E-state index in [0.29, 0.717) is 30.9 Å². The Labute approximate surface area is 286 Å². The molecule has 0 saturated heterocycles. The molecule has 6 heteroatoms. The highest BCUT2D eigenvalue weighted by Gasteiger charge is 2.67. The third-order valence-electron chi connectivity index (χ3n) is 13.6. The Morgan fingerprint density at radius 2 is 1.58 bits per heavy atom. The molecule has 48 heavy (non-hydrogen) atoms. The fourth-order valence-electron chi connectivity index (χ4n) is 10.1. The fourth-order valence-corrected chi connectivity index (χ4v) is 10.1. The van der Waals surface area contributed by atoms with E-state index in [1.54, 1.807) is 12.2 Å². The lowest BCUT2D eigenvalue weighted by Crippen LogP contribution is -2.62. The van der Waals surface area contributed by atoms with Crippen molar-refractivity contribution in [3.05, 3.63) is 88.3 Å². The zero-order chi connectivity index (χ0) is 34.5. The zero-order valence-corrected chi connectivity index (χ0v) is 29.6. The number of esters is 2. The first-order chi connectivity index (χ1) is 22.7. The summed E-state index contributed by atoms with van der Waals surface area (Å²) in [5.41, 5.74) is 4.26. The van der Waals surface area contributed by atoms with Crippen LogP contribution in [0.3, 0.4) is 0 Å². The molecule has 1 aromatic carbocycles. The maximum absolute atomic E-state index is 13.7. The van der Waals surface area contributed by atoms with E-state index < -0.39 is 5.41 Å². The van der Waals surface area contributed by atoms with Crippen LogP contribution in [0.5, 0.6) is 0 Å². The van der Waals surface area contributed by atoms with Gasteiger partial charge in [0.15, 0.2) is 5.76 Å². The van der Waals surface area contributed by atoms with E-state index >= 15 is 0 Å². The van der Waals surface area contributed by atoms with Crippen LogP contribution in [0.15, 0.2) is 82.7 Å². The first-order valence-corrected chi connectivity index (χ1v) is 17.8. The third-order valence-corrected chi connectivity index (χ3v) is 13.6. The van der Waals surface area contributed by atoms with Gasteiger partial charge in [-0.1, -0.05) is 75.8 Å².